The van der Waals surface area contributed by atoms with Crippen LogP contribution in [0.2, 0.25) is 0 Å². The number of rotatable bonds is 2. The van der Waals surface area contributed by atoms with Crippen molar-refractivity contribution < 1.29 is 4.74 Å². The van der Waals surface area contributed by atoms with Crippen LogP contribution in [0.25, 0.3) is 0 Å². The second kappa shape index (κ2) is 3.53. The van der Waals surface area contributed by atoms with Gasteiger partial charge in [-0.2, -0.15) is 0 Å². The molecule has 0 atom stereocenters. The molecule has 0 amide bonds. The van der Waals surface area contributed by atoms with Crippen LogP contribution in [-0.4, -0.2) is 12.5 Å². The normalized spacial score (nSPS) is 9.64. The van der Waals surface area contributed by atoms with Crippen molar-refractivity contribution in [1.29, 1.82) is 5.41 Å². The SMILES string of the molecule is CCOC(=N)c1sccc1C. The van der Waals surface area contributed by atoms with E-state index in [1.165, 1.54) is 0 Å². The smallest absolute Gasteiger partial charge is 0.223 e. The van der Waals surface area contributed by atoms with E-state index >= 15 is 0 Å². The standard InChI is InChI=1S/C8H11NOS/c1-3-10-8(9)7-6(2)4-5-11-7/h4-5,9H,3H2,1-2H3. The van der Waals surface area contributed by atoms with Crippen molar-refractivity contribution in [2.75, 3.05) is 6.61 Å². The highest BCUT2D eigenvalue weighted by Crippen LogP contribution is 2.16. The van der Waals surface area contributed by atoms with E-state index in [0.29, 0.717) is 12.5 Å². The average Bonchev–Trinajstić information content (AvgIpc) is 2.36. The molecule has 0 radical (unpaired) electrons. The van der Waals surface area contributed by atoms with Crippen LogP contribution in [0, 0.1) is 12.3 Å². The summed E-state index contributed by atoms with van der Waals surface area (Å²) in [4.78, 5) is 0.937. The molecule has 0 saturated carbocycles. The molecule has 1 rings (SSSR count). The highest BCUT2D eigenvalue weighted by molar-refractivity contribution is 7.12. The van der Waals surface area contributed by atoms with Gasteiger partial charge >= 0.3 is 0 Å². The predicted molar refractivity (Wildman–Crippen MR) is 47.5 cm³/mol. The topological polar surface area (TPSA) is 33.1 Å². The minimum Gasteiger partial charge on any atom is -0.477 e. The first-order valence-corrected chi connectivity index (χ1v) is 4.39. The van der Waals surface area contributed by atoms with Gasteiger partial charge in [-0.05, 0) is 30.9 Å². The zero-order valence-corrected chi connectivity index (χ0v) is 7.49. The summed E-state index contributed by atoms with van der Waals surface area (Å²) in [5.74, 6) is 0.292. The quantitative estimate of drug-likeness (QED) is 0.535. The third kappa shape index (κ3) is 1.80. The Hall–Kier alpha value is -0.830. The molecule has 0 aliphatic heterocycles. The average molecular weight is 169 g/mol. The Morgan fingerprint density at radius 1 is 1.73 bits per heavy atom. The molecule has 0 saturated heterocycles. The van der Waals surface area contributed by atoms with Crippen LogP contribution in [0.3, 0.4) is 0 Å². The molecule has 0 unspecified atom stereocenters. The van der Waals surface area contributed by atoms with Crippen LogP contribution in [-0.2, 0) is 4.74 Å². The summed E-state index contributed by atoms with van der Waals surface area (Å²) in [6, 6.07) is 1.99. The molecule has 1 N–H and O–H groups in total. The summed E-state index contributed by atoms with van der Waals surface area (Å²) in [5.41, 5.74) is 1.12. The van der Waals surface area contributed by atoms with Gasteiger partial charge in [-0.3, -0.25) is 5.41 Å². The Bertz CT molecular complexity index is 254. The third-order valence-electron chi connectivity index (χ3n) is 1.36. The molecular weight excluding hydrogens is 158 g/mol. The molecule has 0 spiro atoms. The van der Waals surface area contributed by atoms with Gasteiger partial charge in [-0.15, -0.1) is 11.3 Å². The van der Waals surface area contributed by atoms with Crippen molar-refractivity contribution in [3.8, 4) is 0 Å². The summed E-state index contributed by atoms with van der Waals surface area (Å²) >= 11 is 1.55. The lowest BCUT2D eigenvalue weighted by Gasteiger charge is -2.02. The van der Waals surface area contributed by atoms with E-state index in [9.17, 15) is 0 Å². The molecule has 0 aliphatic carbocycles. The first-order chi connectivity index (χ1) is 5.25. The summed E-state index contributed by atoms with van der Waals surface area (Å²) in [5, 5.41) is 9.45. The van der Waals surface area contributed by atoms with Crippen LogP contribution < -0.4 is 0 Å². The van der Waals surface area contributed by atoms with Crippen LogP contribution in [0.4, 0.5) is 0 Å². The Morgan fingerprint density at radius 3 is 2.91 bits per heavy atom. The Balaban J connectivity index is 2.76. The van der Waals surface area contributed by atoms with E-state index in [4.69, 9.17) is 10.1 Å². The van der Waals surface area contributed by atoms with E-state index in [0.717, 1.165) is 10.4 Å². The van der Waals surface area contributed by atoms with Crippen LogP contribution >= 0.6 is 11.3 Å². The maximum Gasteiger partial charge on any atom is 0.223 e. The van der Waals surface area contributed by atoms with Gasteiger partial charge < -0.3 is 4.74 Å². The lowest BCUT2D eigenvalue weighted by Crippen LogP contribution is -2.03. The summed E-state index contributed by atoms with van der Waals surface area (Å²) in [6.45, 7) is 4.44. The van der Waals surface area contributed by atoms with E-state index in [2.05, 4.69) is 0 Å². The van der Waals surface area contributed by atoms with Gasteiger partial charge in [0, 0.05) is 0 Å². The molecule has 11 heavy (non-hydrogen) atoms. The molecule has 1 aromatic rings. The summed E-state index contributed by atoms with van der Waals surface area (Å²) in [7, 11) is 0. The maximum absolute atomic E-state index is 7.48. The zero-order chi connectivity index (χ0) is 8.27. The van der Waals surface area contributed by atoms with Gasteiger partial charge in [0.25, 0.3) is 0 Å². The number of hydrogen-bond acceptors (Lipinski definition) is 3. The molecule has 1 aromatic heterocycles. The maximum atomic E-state index is 7.48. The largest absolute Gasteiger partial charge is 0.477 e. The third-order valence-corrected chi connectivity index (χ3v) is 2.37. The minimum atomic E-state index is 0.292. The van der Waals surface area contributed by atoms with Gasteiger partial charge in [-0.1, -0.05) is 0 Å². The second-order valence-electron chi connectivity index (χ2n) is 2.19. The second-order valence-corrected chi connectivity index (χ2v) is 3.11. The van der Waals surface area contributed by atoms with Crippen molar-refractivity contribution >= 4 is 17.2 Å². The van der Waals surface area contributed by atoms with Crippen molar-refractivity contribution in [1.82, 2.24) is 0 Å². The first-order valence-electron chi connectivity index (χ1n) is 3.51. The van der Waals surface area contributed by atoms with Crippen molar-refractivity contribution in [2.24, 2.45) is 0 Å². The minimum absolute atomic E-state index is 0.292. The van der Waals surface area contributed by atoms with Gasteiger partial charge in [0.05, 0.1) is 11.5 Å². The first kappa shape index (κ1) is 8.27. The van der Waals surface area contributed by atoms with Crippen LogP contribution in [0.5, 0.6) is 0 Å². The number of thiophene rings is 1. The van der Waals surface area contributed by atoms with Gasteiger partial charge in [0.2, 0.25) is 5.90 Å². The van der Waals surface area contributed by atoms with Gasteiger partial charge in [0.1, 0.15) is 0 Å². The Labute approximate surface area is 70.3 Å². The highest BCUT2D eigenvalue weighted by Gasteiger charge is 2.05. The molecule has 3 heteroatoms. The Kier molecular flexibility index (Phi) is 2.65. The molecule has 0 aromatic carbocycles. The Morgan fingerprint density at radius 2 is 2.45 bits per heavy atom. The fourth-order valence-electron chi connectivity index (χ4n) is 0.815. The van der Waals surface area contributed by atoms with Crippen molar-refractivity contribution in [3.63, 3.8) is 0 Å². The lowest BCUT2D eigenvalue weighted by atomic mass is 10.3. The van der Waals surface area contributed by atoms with Gasteiger partial charge in [-0.25, -0.2) is 0 Å². The van der Waals surface area contributed by atoms with E-state index in [-0.39, 0.29) is 0 Å². The summed E-state index contributed by atoms with van der Waals surface area (Å²) in [6.07, 6.45) is 0. The number of nitrogens with one attached hydrogen (secondary N) is 1. The molecule has 0 fully saturated rings. The number of ether oxygens (including phenoxy) is 1. The molecular formula is C8H11NOS. The fourth-order valence-corrected chi connectivity index (χ4v) is 1.64. The van der Waals surface area contributed by atoms with Crippen molar-refractivity contribution in [3.05, 3.63) is 21.9 Å². The fraction of sp³-hybridized carbons (Fsp3) is 0.375. The van der Waals surface area contributed by atoms with Crippen molar-refractivity contribution in [2.45, 2.75) is 13.8 Å². The molecule has 1 heterocycles. The predicted octanol–water partition coefficient (Wildman–Crippen LogP) is 2.42. The molecule has 0 bridgehead atoms. The number of hydrogen-bond donors (Lipinski definition) is 1. The van der Waals surface area contributed by atoms with Gasteiger partial charge in [0.15, 0.2) is 0 Å². The molecule has 60 valence electrons. The van der Waals surface area contributed by atoms with Crippen LogP contribution in [0.1, 0.15) is 17.4 Å². The van der Waals surface area contributed by atoms with Crippen LogP contribution in [0.15, 0.2) is 11.4 Å². The monoisotopic (exact) mass is 169 g/mol. The zero-order valence-electron chi connectivity index (χ0n) is 6.68. The number of aryl methyl sites for hydroxylation is 1. The molecule has 2 nitrogen and oxygen atoms in total. The lowest BCUT2D eigenvalue weighted by molar-refractivity contribution is 0.326. The van der Waals surface area contributed by atoms with E-state index in [1.807, 2.05) is 25.3 Å². The van der Waals surface area contributed by atoms with E-state index < -0.39 is 0 Å². The molecule has 0 aliphatic rings. The highest BCUT2D eigenvalue weighted by atomic mass is 32.1. The van der Waals surface area contributed by atoms with E-state index in [1.54, 1.807) is 11.3 Å². The summed E-state index contributed by atoms with van der Waals surface area (Å²) < 4.78 is 5.06.